The van der Waals surface area contributed by atoms with E-state index < -0.39 is 0 Å². The lowest BCUT2D eigenvalue weighted by Gasteiger charge is -2.30. The maximum atomic E-state index is 12.4. The Hall–Kier alpha value is -2.14. The molecule has 1 aliphatic heterocycles. The molecule has 2 heterocycles. The van der Waals surface area contributed by atoms with E-state index in [0.29, 0.717) is 18.7 Å². The van der Waals surface area contributed by atoms with Gasteiger partial charge in [-0.25, -0.2) is 0 Å². The Bertz CT molecular complexity index is 608. The summed E-state index contributed by atoms with van der Waals surface area (Å²) in [5, 5.41) is 4.28. The van der Waals surface area contributed by atoms with Gasteiger partial charge in [-0.2, -0.15) is 5.10 Å². The van der Waals surface area contributed by atoms with Gasteiger partial charge in [0.15, 0.2) is 0 Å². The van der Waals surface area contributed by atoms with E-state index >= 15 is 0 Å². The van der Waals surface area contributed by atoms with Gasteiger partial charge in [0.1, 0.15) is 0 Å². The van der Waals surface area contributed by atoms with Crippen molar-refractivity contribution in [3.63, 3.8) is 0 Å². The summed E-state index contributed by atoms with van der Waals surface area (Å²) in [4.78, 5) is 14.3. The van der Waals surface area contributed by atoms with Crippen molar-refractivity contribution in [1.82, 2.24) is 14.7 Å². The monoisotopic (exact) mass is 284 g/mol. The van der Waals surface area contributed by atoms with E-state index in [1.54, 1.807) is 10.9 Å². The number of likely N-dealkylation sites (tertiary alicyclic amines) is 1. The molecule has 1 aromatic heterocycles. The molecule has 2 aromatic rings. The highest BCUT2D eigenvalue weighted by molar-refractivity contribution is 5.93. The largest absolute Gasteiger partial charge is 0.337 e. The number of benzene rings is 1. The number of piperidine rings is 1. The summed E-state index contributed by atoms with van der Waals surface area (Å²) in [6.45, 7) is 2.10. The lowest BCUT2D eigenvalue weighted by atomic mass is 10.1. The Morgan fingerprint density at radius 2 is 2.14 bits per heavy atom. The molecule has 1 unspecified atom stereocenters. The van der Waals surface area contributed by atoms with Crippen LogP contribution >= 0.6 is 0 Å². The van der Waals surface area contributed by atoms with Crippen molar-refractivity contribution >= 4 is 5.91 Å². The predicted octanol–water partition coefficient (Wildman–Crippen LogP) is 1.49. The number of hydrogen-bond acceptors (Lipinski definition) is 3. The quantitative estimate of drug-likeness (QED) is 0.929. The van der Waals surface area contributed by atoms with Crippen LogP contribution in [-0.2, 0) is 6.54 Å². The van der Waals surface area contributed by atoms with Crippen LogP contribution in [0.1, 0.15) is 28.8 Å². The standard InChI is InChI=1S/C16H20N4O/c17-15-7-4-8-19(12-15)16(21)14-9-18-20(11-14)10-13-5-2-1-3-6-13/h1-3,5-6,9,11,15H,4,7-8,10,12,17H2. The number of rotatable bonds is 3. The topological polar surface area (TPSA) is 64.2 Å². The smallest absolute Gasteiger partial charge is 0.257 e. The fraction of sp³-hybridized carbons (Fsp3) is 0.375. The van der Waals surface area contributed by atoms with Gasteiger partial charge in [-0.3, -0.25) is 9.48 Å². The maximum absolute atomic E-state index is 12.4. The minimum absolute atomic E-state index is 0.0319. The van der Waals surface area contributed by atoms with Crippen LogP contribution in [0.2, 0.25) is 0 Å². The summed E-state index contributed by atoms with van der Waals surface area (Å²) < 4.78 is 1.80. The molecule has 5 heteroatoms. The molecule has 0 saturated carbocycles. The first-order chi connectivity index (χ1) is 10.2. The SMILES string of the molecule is NC1CCCN(C(=O)c2cnn(Cc3ccccc3)c2)C1. The van der Waals surface area contributed by atoms with Gasteiger partial charge in [0.2, 0.25) is 0 Å². The predicted molar refractivity (Wildman–Crippen MR) is 80.9 cm³/mol. The summed E-state index contributed by atoms with van der Waals surface area (Å²) in [7, 11) is 0. The molecule has 1 fully saturated rings. The molecule has 0 radical (unpaired) electrons. The molecule has 1 aliphatic rings. The minimum atomic E-state index is 0.0319. The van der Waals surface area contributed by atoms with Crippen molar-refractivity contribution in [2.24, 2.45) is 5.73 Å². The van der Waals surface area contributed by atoms with Crippen LogP contribution < -0.4 is 5.73 Å². The Balaban J connectivity index is 1.68. The number of amides is 1. The van der Waals surface area contributed by atoms with E-state index in [-0.39, 0.29) is 11.9 Å². The first kappa shape index (κ1) is 13.8. The van der Waals surface area contributed by atoms with Crippen LogP contribution in [0.5, 0.6) is 0 Å². The van der Waals surface area contributed by atoms with Crippen molar-refractivity contribution < 1.29 is 4.79 Å². The first-order valence-electron chi connectivity index (χ1n) is 7.33. The highest BCUT2D eigenvalue weighted by Crippen LogP contribution is 2.13. The molecule has 0 spiro atoms. The number of carbonyl (C=O) groups is 1. The Kier molecular flexibility index (Phi) is 4.01. The van der Waals surface area contributed by atoms with E-state index in [9.17, 15) is 4.79 Å². The summed E-state index contributed by atoms with van der Waals surface area (Å²) in [6, 6.07) is 10.2. The zero-order valence-corrected chi connectivity index (χ0v) is 12.0. The molecule has 2 N–H and O–H groups in total. The second-order valence-corrected chi connectivity index (χ2v) is 5.57. The van der Waals surface area contributed by atoms with Crippen LogP contribution in [0.25, 0.3) is 0 Å². The van der Waals surface area contributed by atoms with Gasteiger partial charge in [0.05, 0.1) is 18.3 Å². The van der Waals surface area contributed by atoms with E-state index in [4.69, 9.17) is 5.73 Å². The van der Waals surface area contributed by atoms with Gasteiger partial charge < -0.3 is 10.6 Å². The van der Waals surface area contributed by atoms with Gasteiger partial charge >= 0.3 is 0 Å². The molecule has 3 rings (SSSR count). The van der Waals surface area contributed by atoms with Gasteiger partial charge in [0.25, 0.3) is 5.91 Å². The fourth-order valence-electron chi connectivity index (χ4n) is 2.71. The first-order valence-corrected chi connectivity index (χ1v) is 7.33. The van der Waals surface area contributed by atoms with Crippen molar-refractivity contribution in [2.75, 3.05) is 13.1 Å². The summed E-state index contributed by atoms with van der Waals surface area (Å²) in [6.07, 6.45) is 5.43. The zero-order valence-electron chi connectivity index (χ0n) is 12.0. The maximum Gasteiger partial charge on any atom is 0.257 e. The fourth-order valence-corrected chi connectivity index (χ4v) is 2.71. The van der Waals surface area contributed by atoms with Crippen LogP contribution in [0.3, 0.4) is 0 Å². The second kappa shape index (κ2) is 6.10. The highest BCUT2D eigenvalue weighted by atomic mass is 16.2. The third kappa shape index (κ3) is 3.31. The van der Waals surface area contributed by atoms with Crippen molar-refractivity contribution in [2.45, 2.75) is 25.4 Å². The Labute approximate surface area is 124 Å². The van der Waals surface area contributed by atoms with E-state index in [1.165, 1.54) is 5.56 Å². The number of nitrogens with two attached hydrogens (primary N) is 1. The van der Waals surface area contributed by atoms with Gasteiger partial charge in [-0.05, 0) is 18.4 Å². The normalized spacial score (nSPS) is 18.7. The number of hydrogen-bond donors (Lipinski definition) is 1. The molecular weight excluding hydrogens is 264 g/mol. The Morgan fingerprint density at radius 1 is 1.33 bits per heavy atom. The molecule has 1 amide bonds. The van der Waals surface area contributed by atoms with Gasteiger partial charge in [-0.1, -0.05) is 30.3 Å². The van der Waals surface area contributed by atoms with Crippen molar-refractivity contribution in [3.05, 3.63) is 53.9 Å². The zero-order chi connectivity index (χ0) is 14.7. The van der Waals surface area contributed by atoms with Crippen LogP contribution in [0.15, 0.2) is 42.7 Å². The summed E-state index contributed by atoms with van der Waals surface area (Å²) in [5.74, 6) is 0.0319. The number of nitrogens with zero attached hydrogens (tertiary/aromatic N) is 3. The molecule has 1 atom stereocenters. The number of carbonyl (C=O) groups excluding carboxylic acids is 1. The van der Waals surface area contributed by atoms with E-state index in [1.807, 2.05) is 41.4 Å². The highest BCUT2D eigenvalue weighted by Gasteiger charge is 2.23. The molecular formula is C16H20N4O. The lowest BCUT2D eigenvalue weighted by Crippen LogP contribution is -2.45. The van der Waals surface area contributed by atoms with Gasteiger partial charge in [-0.15, -0.1) is 0 Å². The molecule has 21 heavy (non-hydrogen) atoms. The van der Waals surface area contributed by atoms with Crippen LogP contribution in [0.4, 0.5) is 0 Å². The van der Waals surface area contributed by atoms with E-state index in [0.717, 1.165) is 19.4 Å². The summed E-state index contributed by atoms with van der Waals surface area (Å²) in [5.41, 5.74) is 7.74. The third-order valence-corrected chi connectivity index (χ3v) is 3.81. The Morgan fingerprint density at radius 3 is 2.90 bits per heavy atom. The number of aromatic nitrogens is 2. The third-order valence-electron chi connectivity index (χ3n) is 3.81. The molecule has 1 aromatic carbocycles. The van der Waals surface area contributed by atoms with Crippen LogP contribution in [0, 0.1) is 0 Å². The second-order valence-electron chi connectivity index (χ2n) is 5.57. The molecule has 110 valence electrons. The van der Waals surface area contributed by atoms with Gasteiger partial charge in [0, 0.05) is 25.3 Å². The average molecular weight is 284 g/mol. The summed E-state index contributed by atoms with van der Waals surface area (Å²) >= 11 is 0. The van der Waals surface area contributed by atoms with E-state index in [2.05, 4.69) is 5.10 Å². The molecule has 1 saturated heterocycles. The molecule has 0 aliphatic carbocycles. The lowest BCUT2D eigenvalue weighted by molar-refractivity contribution is 0.0708. The average Bonchev–Trinajstić information content (AvgIpc) is 2.96. The molecule has 0 bridgehead atoms. The van der Waals surface area contributed by atoms with Crippen molar-refractivity contribution in [1.29, 1.82) is 0 Å². The minimum Gasteiger partial charge on any atom is -0.337 e. The van der Waals surface area contributed by atoms with Crippen molar-refractivity contribution in [3.8, 4) is 0 Å². The molecule has 5 nitrogen and oxygen atoms in total. The van der Waals surface area contributed by atoms with Crippen LogP contribution in [-0.4, -0.2) is 39.7 Å².